The highest BCUT2D eigenvalue weighted by Gasteiger charge is 2.27. The van der Waals surface area contributed by atoms with Crippen LogP contribution in [0.1, 0.15) is 11.4 Å². The van der Waals surface area contributed by atoms with Crippen LogP contribution in [0.2, 0.25) is 0 Å². The molecule has 4 amide bonds. The van der Waals surface area contributed by atoms with E-state index in [0.29, 0.717) is 22.9 Å². The lowest BCUT2D eigenvalue weighted by Gasteiger charge is -2.22. The second-order valence-corrected chi connectivity index (χ2v) is 8.81. The summed E-state index contributed by atoms with van der Waals surface area (Å²) in [5, 5.41) is 13.1. The molecule has 4 aromatic rings. The Hall–Kier alpha value is -4.25. The first-order valence-corrected chi connectivity index (χ1v) is 11.9. The maximum atomic E-state index is 12.6. The molecule has 2 aromatic carbocycles. The molecule has 35 heavy (non-hydrogen) atoms. The van der Waals surface area contributed by atoms with Crippen molar-refractivity contribution in [1.82, 2.24) is 35.7 Å². The number of para-hydroxylation sites is 1. The number of urea groups is 1. The average molecular weight is 488 g/mol. The molecule has 3 N–H and O–H groups in total. The molecule has 11 heteroatoms. The Balaban J connectivity index is 1.41. The number of hydrogen-bond acceptors (Lipinski definition) is 7. The van der Waals surface area contributed by atoms with Crippen molar-refractivity contribution in [1.29, 1.82) is 0 Å². The second kappa shape index (κ2) is 9.94. The summed E-state index contributed by atoms with van der Waals surface area (Å²) in [7, 11) is 0. The van der Waals surface area contributed by atoms with Gasteiger partial charge in [-0.3, -0.25) is 14.9 Å². The predicted octanol–water partition coefficient (Wildman–Crippen LogP) is 1.82. The molecular weight excluding hydrogens is 466 g/mol. The molecule has 5 rings (SSSR count). The summed E-state index contributed by atoms with van der Waals surface area (Å²) in [5.74, 6) is -0.243. The minimum absolute atomic E-state index is 0.0329. The Morgan fingerprint density at radius 1 is 1.06 bits per heavy atom. The number of aromatic nitrogens is 4. The van der Waals surface area contributed by atoms with Crippen molar-refractivity contribution in [3.05, 3.63) is 78.2 Å². The number of nitrogens with zero attached hydrogens (tertiary/aromatic N) is 4. The van der Waals surface area contributed by atoms with E-state index in [9.17, 15) is 14.4 Å². The van der Waals surface area contributed by atoms with Gasteiger partial charge in [-0.05, 0) is 17.7 Å². The van der Waals surface area contributed by atoms with Crippen molar-refractivity contribution < 1.29 is 14.4 Å². The smallest absolute Gasteiger partial charge is 0.321 e. The Morgan fingerprint density at radius 3 is 2.54 bits per heavy atom. The topological polar surface area (TPSA) is 131 Å². The first kappa shape index (κ1) is 22.5. The minimum atomic E-state index is -0.819. The van der Waals surface area contributed by atoms with Gasteiger partial charge in [0.25, 0.3) is 5.91 Å². The van der Waals surface area contributed by atoms with Gasteiger partial charge in [-0.25, -0.2) is 19.4 Å². The van der Waals surface area contributed by atoms with Crippen LogP contribution < -0.4 is 16.0 Å². The molecule has 3 heterocycles. The van der Waals surface area contributed by atoms with E-state index in [1.165, 1.54) is 11.8 Å². The second-order valence-electron chi connectivity index (χ2n) is 7.84. The van der Waals surface area contributed by atoms with Gasteiger partial charge in [0.2, 0.25) is 5.91 Å². The molecule has 1 aliphatic heterocycles. The Bertz CT molecular complexity index is 1390. The number of benzene rings is 2. The van der Waals surface area contributed by atoms with Crippen LogP contribution in [0.4, 0.5) is 4.79 Å². The molecule has 0 radical (unpaired) electrons. The number of amides is 4. The zero-order valence-electron chi connectivity index (χ0n) is 18.5. The molecule has 1 atom stereocenters. The zero-order chi connectivity index (χ0) is 24.2. The summed E-state index contributed by atoms with van der Waals surface area (Å²) in [6.45, 7) is 0.0455. The third kappa shape index (κ3) is 5.14. The third-order valence-electron chi connectivity index (χ3n) is 5.34. The molecule has 10 nitrogen and oxygen atoms in total. The molecule has 0 bridgehead atoms. The summed E-state index contributed by atoms with van der Waals surface area (Å²) in [4.78, 5) is 45.2. The van der Waals surface area contributed by atoms with Crippen molar-refractivity contribution in [2.75, 3.05) is 12.3 Å². The van der Waals surface area contributed by atoms with Crippen LogP contribution >= 0.6 is 11.8 Å². The molecule has 0 spiro atoms. The standard InChI is InChI=1S/C24H21N7O3S/c32-20(27-18-13-25-24(34)30-22(18)33)14-35-23-17-12-26-31(16-9-5-2-6-10-16)21(17)28-19(29-23)11-15-7-3-1-4-8-15/h1-10,12,18H,11,13-14H2,(H,27,32)(H2,25,30,33,34). The van der Waals surface area contributed by atoms with Crippen molar-refractivity contribution in [3.63, 3.8) is 0 Å². The highest BCUT2D eigenvalue weighted by molar-refractivity contribution is 8.00. The van der Waals surface area contributed by atoms with Crippen molar-refractivity contribution in [2.45, 2.75) is 17.5 Å². The molecule has 1 aliphatic rings. The Labute approximate surface area is 204 Å². The predicted molar refractivity (Wildman–Crippen MR) is 130 cm³/mol. The van der Waals surface area contributed by atoms with E-state index in [1.54, 1.807) is 10.9 Å². The SMILES string of the molecule is O=C(CSc1nc(Cc2ccccc2)nc2c1cnn2-c1ccccc1)NC1CNC(=O)NC1=O. The van der Waals surface area contributed by atoms with E-state index in [2.05, 4.69) is 21.0 Å². The van der Waals surface area contributed by atoms with Crippen LogP contribution in [0.25, 0.3) is 16.7 Å². The maximum absolute atomic E-state index is 12.6. The van der Waals surface area contributed by atoms with Crippen LogP contribution in [0.15, 0.2) is 71.9 Å². The van der Waals surface area contributed by atoms with Crippen molar-refractivity contribution in [2.24, 2.45) is 0 Å². The van der Waals surface area contributed by atoms with Gasteiger partial charge in [0, 0.05) is 13.0 Å². The Morgan fingerprint density at radius 2 is 1.80 bits per heavy atom. The van der Waals surface area contributed by atoms with Crippen molar-refractivity contribution in [3.8, 4) is 5.69 Å². The lowest BCUT2D eigenvalue weighted by atomic mass is 10.1. The van der Waals surface area contributed by atoms with Gasteiger partial charge in [0.05, 0.1) is 23.0 Å². The fraction of sp³-hybridized carbons (Fsp3) is 0.167. The maximum Gasteiger partial charge on any atom is 0.321 e. The first-order valence-electron chi connectivity index (χ1n) is 10.9. The van der Waals surface area contributed by atoms with Gasteiger partial charge >= 0.3 is 6.03 Å². The number of hydrogen-bond donors (Lipinski definition) is 3. The van der Waals surface area contributed by atoms with Gasteiger partial charge in [-0.1, -0.05) is 60.3 Å². The molecule has 1 saturated heterocycles. The first-order chi connectivity index (χ1) is 17.1. The van der Waals surface area contributed by atoms with E-state index in [4.69, 9.17) is 9.97 Å². The fourth-order valence-corrected chi connectivity index (χ4v) is 4.49. The van der Waals surface area contributed by atoms with Gasteiger partial charge in [0.15, 0.2) is 5.65 Å². The summed E-state index contributed by atoms with van der Waals surface area (Å²) in [5.41, 5.74) is 2.58. The number of thioether (sulfide) groups is 1. The molecular formula is C24H21N7O3S. The number of rotatable bonds is 7. The monoisotopic (exact) mass is 487 g/mol. The largest absolute Gasteiger partial charge is 0.342 e. The molecule has 1 unspecified atom stereocenters. The molecule has 1 fully saturated rings. The van der Waals surface area contributed by atoms with Gasteiger partial charge in [-0.15, -0.1) is 0 Å². The van der Waals surface area contributed by atoms with Crippen LogP contribution in [0.5, 0.6) is 0 Å². The van der Waals surface area contributed by atoms with Gasteiger partial charge in [0.1, 0.15) is 16.9 Å². The number of nitrogens with one attached hydrogen (secondary N) is 3. The highest BCUT2D eigenvalue weighted by Crippen LogP contribution is 2.27. The summed E-state index contributed by atoms with van der Waals surface area (Å²) in [6, 6.07) is 18.2. The minimum Gasteiger partial charge on any atom is -0.342 e. The molecule has 2 aromatic heterocycles. The van der Waals surface area contributed by atoms with E-state index < -0.39 is 18.0 Å². The van der Waals surface area contributed by atoms with E-state index in [1.807, 2.05) is 60.7 Å². The van der Waals surface area contributed by atoms with Crippen LogP contribution in [0.3, 0.4) is 0 Å². The average Bonchev–Trinajstić information content (AvgIpc) is 3.30. The lowest BCUT2D eigenvalue weighted by molar-refractivity contribution is -0.127. The molecule has 176 valence electrons. The highest BCUT2D eigenvalue weighted by atomic mass is 32.2. The summed E-state index contributed by atoms with van der Waals surface area (Å²) in [6.07, 6.45) is 2.22. The lowest BCUT2D eigenvalue weighted by Crippen LogP contribution is -2.61. The van der Waals surface area contributed by atoms with Gasteiger partial charge < -0.3 is 10.6 Å². The van der Waals surface area contributed by atoms with E-state index >= 15 is 0 Å². The Kier molecular flexibility index (Phi) is 6.40. The summed E-state index contributed by atoms with van der Waals surface area (Å²) >= 11 is 1.25. The van der Waals surface area contributed by atoms with E-state index in [0.717, 1.165) is 16.6 Å². The molecule has 0 saturated carbocycles. The van der Waals surface area contributed by atoms with Crippen LogP contribution in [0, 0.1) is 0 Å². The summed E-state index contributed by atoms with van der Waals surface area (Å²) < 4.78 is 1.75. The van der Waals surface area contributed by atoms with Gasteiger partial charge in [-0.2, -0.15) is 5.10 Å². The van der Waals surface area contributed by atoms with E-state index in [-0.39, 0.29) is 18.2 Å². The fourth-order valence-electron chi connectivity index (χ4n) is 3.67. The zero-order valence-corrected chi connectivity index (χ0v) is 19.3. The van der Waals surface area contributed by atoms with Crippen LogP contribution in [-0.4, -0.2) is 55.9 Å². The quantitative estimate of drug-likeness (QED) is 0.268. The molecule has 0 aliphatic carbocycles. The van der Waals surface area contributed by atoms with Crippen LogP contribution in [-0.2, 0) is 16.0 Å². The van der Waals surface area contributed by atoms with Crippen molar-refractivity contribution >= 4 is 40.6 Å². The number of carbonyl (C=O) groups is 3. The number of fused-ring (bicyclic) bond motifs is 1. The number of imide groups is 1. The number of carbonyl (C=O) groups excluding carboxylic acids is 3. The normalized spacial score (nSPS) is 15.5. The third-order valence-corrected chi connectivity index (χ3v) is 6.33.